The maximum absolute atomic E-state index is 12.7. The molecule has 0 aliphatic heterocycles. The Kier molecular flexibility index (Phi) is 5.81. The number of aromatic nitrogens is 2. The summed E-state index contributed by atoms with van der Waals surface area (Å²) in [5, 5.41) is 13.9. The molecular formula is C25H22N4O3. The highest BCUT2D eigenvalue weighted by molar-refractivity contribution is 6.05. The lowest BCUT2D eigenvalue weighted by Crippen LogP contribution is -2.13. The van der Waals surface area contributed by atoms with E-state index in [0.29, 0.717) is 28.7 Å². The largest absolute Gasteiger partial charge is 0.416 e. The maximum atomic E-state index is 12.7. The molecule has 7 heteroatoms. The predicted octanol–water partition coefficient (Wildman–Crippen LogP) is 5.23. The molecule has 1 heterocycles. The highest BCUT2D eigenvalue weighted by Crippen LogP contribution is 2.26. The topological polar surface area (TPSA) is 97.1 Å². The van der Waals surface area contributed by atoms with Crippen LogP contribution < -0.4 is 10.6 Å². The first kappa shape index (κ1) is 21.0. The van der Waals surface area contributed by atoms with Crippen molar-refractivity contribution in [3.8, 4) is 22.9 Å². The van der Waals surface area contributed by atoms with Crippen LogP contribution in [0.25, 0.3) is 22.9 Å². The van der Waals surface area contributed by atoms with E-state index in [4.69, 9.17) is 4.42 Å². The quantitative estimate of drug-likeness (QED) is 0.455. The zero-order valence-electron chi connectivity index (χ0n) is 18.0. The van der Waals surface area contributed by atoms with Gasteiger partial charge in [0.1, 0.15) is 0 Å². The molecular weight excluding hydrogens is 404 g/mol. The first-order valence-corrected chi connectivity index (χ1v) is 10.1. The van der Waals surface area contributed by atoms with E-state index in [2.05, 4.69) is 20.8 Å². The van der Waals surface area contributed by atoms with Gasteiger partial charge in [0, 0.05) is 35.0 Å². The zero-order valence-corrected chi connectivity index (χ0v) is 18.0. The SMILES string of the molecule is CC(=O)Nc1ccc(C)c(NC(=O)c2ccc(-c3nnc(-c4ccccc4C)o3)cc2)c1. The molecule has 0 aliphatic carbocycles. The van der Waals surface area contributed by atoms with Crippen LogP contribution in [-0.2, 0) is 4.79 Å². The standard InChI is InChI=1S/C25H22N4O3/c1-15-6-4-5-7-21(15)25-29-28-24(32-25)19-11-9-18(10-12-19)23(31)27-22-14-20(26-17(3)30)13-8-16(22)2/h4-14H,1-3H3,(H,26,30)(H,27,31). The second-order valence-corrected chi connectivity index (χ2v) is 7.47. The highest BCUT2D eigenvalue weighted by Gasteiger charge is 2.14. The fraction of sp³-hybridized carbons (Fsp3) is 0.120. The molecule has 0 saturated carbocycles. The van der Waals surface area contributed by atoms with Crippen LogP contribution >= 0.6 is 0 Å². The van der Waals surface area contributed by atoms with Gasteiger partial charge in [0.15, 0.2) is 0 Å². The van der Waals surface area contributed by atoms with Gasteiger partial charge in [-0.05, 0) is 67.4 Å². The number of carbonyl (C=O) groups excluding carboxylic acids is 2. The van der Waals surface area contributed by atoms with Crippen molar-refractivity contribution in [1.29, 1.82) is 0 Å². The summed E-state index contributed by atoms with van der Waals surface area (Å²) in [6.07, 6.45) is 0. The van der Waals surface area contributed by atoms with Crippen molar-refractivity contribution in [3.05, 3.63) is 83.4 Å². The monoisotopic (exact) mass is 426 g/mol. The van der Waals surface area contributed by atoms with Gasteiger partial charge in [-0.15, -0.1) is 10.2 Å². The molecule has 0 bridgehead atoms. The molecule has 0 radical (unpaired) electrons. The Morgan fingerprint density at radius 1 is 0.812 bits per heavy atom. The Morgan fingerprint density at radius 2 is 1.53 bits per heavy atom. The minimum Gasteiger partial charge on any atom is -0.416 e. The Hall–Kier alpha value is -4.26. The minimum absolute atomic E-state index is 0.173. The van der Waals surface area contributed by atoms with E-state index in [0.717, 1.165) is 22.3 Å². The number of anilines is 2. The normalized spacial score (nSPS) is 10.6. The van der Waals surface area contributed by atoms with Gasteiger partial charge >= 0.3 is 0 Å². The third-order valence-electron chi connectivity index (χ3n) is 5.00. The molecule has 0 saturated heterocycles. The molecule has 7 nitrogen and oxygen atoms in total. The number of hydrogen-bond acceptors (Lipinski definition) is 5. The molecule has 0 aliphatic rings. The van der Waals surface area contributed by atoms with Crippen LogP contribution in [0.15, 0.2) is 71.1 Å². The van der Waals surface area contributed by atoms with Gasteiger partial charge in [-0.1, -0.05) is 24.3 Å². The van der Waals surface area contributed by atoms with E-state index >= 15 is 0 Å². The molecule has 4 rings (SSSR count). The van der Waals surface area contributed by atoms with Crippen LogP contribution in [0, 0.1) is 13.8 Å². The van der Waals surface area contributed by atoms with Crippen molar-refractivity contribution in [1.82, 2.24) is 10.2 Å². The van der Waals surface area contributed by atoms with E-state index < -0.39 is 0 Å². The second kappa shape index (κ2) is 8.85. The van der Waals surface area contributed by atoms with E-state index in [1.165, 1.54) is 6.92 Å². The average Bonchev–Trinajstić information content (AvgIpc) is 3.26. The summed E-state index contributed by atoms with van der Waals surface area (Å²) >= 11 is 0. The van der Waals surface area contributed by atoms with Crippen LogP contribution in [0.5, 0.6) is 0 Å². The van der Waals surface area contributed by atoms with Gasteiger partial charge in [-0.2, -0.15) is 0 Å². The van der Waals surface area contributed by atoms with E-state index in [1.807, 2.05) is 44.2 Å². The maximum Gasteiger partial charge on any atom is 0.255 e. The van der Waals surface area contributed by atoms with Crippen molar-refractivity contribution >= 4 is 23.2 Å². The van der Waals surface area contributed by atoms with Gasteiger partial charge in [0.2, 0.25) is 17.7 Å². The van der Waals surface area contributed by atoms with E-state index in [1.54, 1.807) is 36.4 Å². The number of rotatable bonds is 5. The van der Waals surface area contributed by atoms with E-state index in [9.17, 15) is 9.59 Å². The Morgan fingerprint density at radius 3 is 2.25 bits per heavy atom. The van der Waals surface area contributed by atoms with Crippen LogP contribution in [0.2, 0.25) is 0 Å². The molecule has 4 aromatic rings. The summed E-state index contributed by atoms with van der Waals surface area (Å²) in [5.41, 5.74) is 5.28. The van der Waals surface area contributed by atoms with Crippen LogP contribution in [0.4, 0.5) is 11.4 Å². The summed E-state index contributed by atoms with van der Waals surface area (Å²) in [6, 6.07) is 20.1. The number of hydrogen-bond donors (Lipinski definition) is 2. The van der Waals surface area contributed by atoms with Crippen molar-refractivity contribution < 1.29 is 14.0 Å². The van der Waals surface area contributed by atoms with Crippen LogP contribution in [0.3, 0.4) is 0 Å². The molecule has 160 valence electrons. The summed E-state index contributed by atoms with van der Waals surface area (Å²) < 4.78 is 5.84. The first-order chi connectivity index (χ1) is 15.4. The summed E-state index contributed by atoms with van der Waals surface area (Å²) in [5.74, 6) is 0.405. The lowest BCUT2D eigenvalue weighted by Gasteiger charge is -2.11. The minimum atomic E-state index is -0.259. The number of aryl methyl sites for hydroxylation is 2. The van der Waals surface area contributed by atoms with Gasteiger partial charge in [-0.3, -0.25) is 9.59 Å². The Balaban J connectivity index is 1.50. The number of nitrogens with one attached hydrogen (secondary N) is 2. The first-order valence-electron chi connectivity index (χ1n) is 10.1. The highest BCUT2D eigenvalue weighted by atomic mass is 16.4. The Labute approximate surface area is 185 Å². The number of amides is 2. The van der Waals surface area contributed by atoms with Gasteiger partial charge < -0.3 is 15.1 Å². The molecule has 0 atom stereocenters. The molecule has 2 N–H and O–H groups in total. The summed E-state index contributed by atoms with van der Waals surface area (Å²) in [4.78, 5) is 24.0. The predicted molar refractivity (Wildman–Crippen MR) is 123 cm³/mol. The molecule has 3 aromatic carbocycles. The number of nitrogens with zero attached hydrogens (tertiary/aromatic N) is 2. The third-order valence-corrected chi connectivity index (χ3v) is 5.00. The molecule has 1 aromatic heterocycles. The number of carbonyl (C=O) groups is 2. The lowest BCUT2D eigenvalue weighted by atomic mass is 10.1. The van der Waals surface area contributed by atoms with Crippen molar-refractivity contribution in [3.63, 3.8) is 0 Å². The zero-order chi connectivity index (χ0) is 22.7. The molecule has 0 unspecified atom stereocenters. The molecule has 32 heavy (non-hydrogen) atoms. The second-order valence-electron chi connectivity index (χ2n) is 7.47. The van der Waals surface area contributed by atoms with Crippen molar-refractivity contribution in [2.45, 2.75) is 20.8 Å². The third kappa shape index (κ3) is 4.57. The average molecular weight is 426 g/mol. The molecule has 0 spiro atoms. The fourth-order valence-electron chi connectivity index (χ4n) is 3.26. The van der Waals surface area contributed by atoms with Gasteiger partial charge in [0.05, 0.1) is 0 Å². The van der Waals surface area contributed by atoms with Gasteiger partial charge in [-0.25, -0.2) is 0 Å². The lowest BCUT2D eigenvalue weighted by molar-refractivity contribution is -0.114. The summed E-state index contributed by atoms with van der Waals surface area (Å²) in [7, 11) is 0. The van der Waals surface area contributed by atoms with Crippen molar-refractivity contribution in [2.75, 3.05) is 10.6 Å². The van der Waals surface area contributed by atoms with Crippen LogP contribution in [-0.4, -0.2) is 22.0 Å². The van der Waals surface area contributed by atoms with Crippen molar-refractivity contribution in [2.24, 2.45) is 0 Å². The van der Waals surface area contributed by atoms with Gasteiger partial charge in [0.25, 0.3) is 5.91 Å². The van der Waals surface area contributed by atoms with Crippen LogP contribution in [0.1, 0.15) is 28.4 Å². The smallest absolute Gasteiger partial charge is 0.255 e. The summed E-state index contributed by atoms with van der Waals surface area (Å²) in [6.45, 7) is 5.31. The molecule has 2 amide bonds. The fourth-order valence-corrected chi connectivity index (χ4v) is 3.26. The van der Waals surface area contributed by atoms with E-state index in [-0.39, 0.29) is 11.8 Å². The Bertz CT molecular complexity index is 1290. The molecule has 0 fully saturated rings. The number of benzene rings is 3.